The number of hydrogen-bond donors (Lipinski definition) is 0. The molecule has 0 bridgehead atoms. The molecule has 100 valence electrons. The van der Waals surface area contributed by atoms with Gasteiger partial charge < -0.3 is 0 Å². The van der Waals surface area contributed by atoms with Crippen LogP contribution in [0, 0.1) is 0 Å². The highest BCUT2D eigenvalue weighted by Gasteiger charge is 2.30. The molecule has 0 radical (unpaired) electrons. The first-order valence-corrected chi connectivity index (χ1v) is 5.94. The van der Waals surface area contributed by atoms with E-state index in [1.165, 1.54) is 6.07 Å². The summed E-state index contributed by atoms with van der Waals surface area (Å²) < 4.78 is 38.3. The second-order valence-corrected chi connectivity index (χ2v) is 4.36. The fraction of sp³-hybridized carbons (Fsp3) is 0.0667. The number of alkyl halides is 3. The van der Waals surface area contributed by atoms with Crippen molar-refractivity contribution >= 4 is 10.8 Å². The highest BCUT2D eigenvalue weighted by molar-refractivity contribution is 5.93. The molecule has 0 fully saturated rings. The van der Waals surface area contributed by atoms with Crippen molar-refractivity contribution in [2.24, 2.45) is 0 Å². The standard InChI is InChI=1S/C15H9F3N2/c16-15(17,18)12-6-3-5-10(8-12)14-13-7-2-1-4-11(13)9-19-20-14/h1-9H. The third kappa shape index (κ3) is 2.22. The molecule has 20 heavy (non-hydrogen) atoms. The van der Waals surface area contributed by atoms with Crippen LogP contribution in [0.1, 0.15) is 5.56 Å². The van der Waals surface area contributed by atoms with Crippen LogP contribution in [0.25, 0.3) is 22.0 Å². The summed E-state index contributed by atoms with van der Waals surface area (Å²) in [5.41, 5.74) is 0.169. The summed E-state index contributed by atoms with van der Waals surface area (Å²) in [4.78, 5) is 0. The molecule has 0 amide bonds. The predicted octanol–water partition coefficient (Wildman–Crippen LogP) is 4.32. The summed E-state index contributed by atoms with van der Waals surface area (Å²) in [6, 6.07) is 12.5. The SMILES string of the molecule is FC(F)(F)c1cccc(-c2nncc3ccccc23)c1. The lowest BCUT2D eigenvalue weighted by Crippen LogP contribution is -2.04. The summed E-state index contributed by atoms with van der Waals surface area (Å²) in [6.07, 6.45) is -2.78. The summed E-state index contributed by atoms with van der Waals surface area (Å²) in [6.45, 7) is 0. The van der Waals surface area contributed by atoms with Gasteiger partial charge in [0.1, 0.15) is 5.69 Å². The summed E-state index contributed by atoms with van der Waals surface area (Å²) in [5, 5.41) is 9.45. The Labute approximate surface area is 112 Å². The van der Waals surface area contributed by atoms with E-state index < -0.39 is 11.7 Å². The molecular weight excluding hydrogens is 265 g/mol. The molecule has 0 aliphatic carbocycles. The second kappa shape index (κ2) is 4.59. The minimum Gasteiger partial charge on any atom is -0.166 e. The molecule has 3 aromatic rings. The van der Waals surface area contributed by atoms with Crippen molar-refractivity contribution in [1.29, 1.82) is 0 Å². The van der Waals surface area contributed by atoms with Crippen molar-refractivity contribution in [3.05, 3.63) is 60.3 Å². The molecular formula is C15H9F3N2. The van der Waals surface area contributed by atoms with Gasteiger partial charge in [-0.3, -0.25) is 0 Å². The van der Waals surface area contributed by atoms with E-state index in [0.717, 1.165) is 22.9 Å². The van der Waals surface area contributed by atoms with Gasteiger partial charge in [0, 0.05) is 16.3 Å². The molecule has 1 aromatic heterocycles. The minimum atomic E-state index is -4.37. The van der Waals surface area contributed by atoms with E-state index in [1.54, 1.807) is 12.3 Å². The molecule has 1 heterocycles. The normalized spacial score (nSPS) is 11.8. The van der Waals surface area contributed by atoms with Crippen LogP contribution in [0.4, 0.5) is 13.2 Å². The molecule has 0 aliphatic rings. The van der Waals surface area contributed by atoms with E-state index >= 15 is 0 Å². The molecule has 0 unspecified atom stereocenters. The number of aromatic nitrogens is 2. The lowest BCUT2D eigenvalue weighted by atomic mass is 10.0. The summed E-state index contributed by atoms with van der Waals surface area (Å²) >= 11 is 0. The van der Waals surface area contributed by atoms with E-state index in [-0.39, 0.29) is 0 Å². The first-order valence-electron chi connectivity index (χ1n) is 5.94. The Kier molecular flexibility index (Phi) is 2.89. The molecule has 0 atom stereocenters. The maximum absolute atomic E-state index is 12.8. The Morgan fingerprint density at radius 1 is 0.900 bits per heavy atom. The predicted molar refractivity (Wildman–Crippen MR) is 70.0 cm³/mol. The first-order chi connectivity index (χ1) is 9.55. The van der Waals surface area contributed by atoms with Crippen molar-refractivity contribution in [2.45, 2.75) is 6.18 Å². The van der Waals surface area contributed by atoms with Crippen LogP contribution in [0.15, 0.2) is 54.7 Å². The van der Waals surface area contributed by atoms with Crippen LogP contribution in [-0.2, 0) is 6.18 Å². The van der Waals surface area contributed by atoms with E-state index in [1.807, 2.05) is 24.3 Å². The lowest BCUT2D eigenvalue weighted by Gasteiger charge is -2.09. The molecule has 0 aliphatic heterocycles. The monoisotopic (exact) mass is 274 g/mol. The Morgan fingerprint density at radius 2 is 1.70 bits per heavy atom. The Bertz CT molecular complexity index is 761. The van der Waals surface area contributed by atoms with Gasteiger partial charge in [-0.05, 0) is 12.1 Å². The van der Waals surface area contributed by atoms with Gasteiger partial charge in [-0.15, -0.1) is 5.10 Å². The Balaban J connectivity index is 2.21. The van der Waals surface area contributed by atoms with Crippen molar-refractivity contribution in [3.8, 4) is 11.3 Å². The summed E-state index contributed by atoms with van der Waals surface area (Å²) in [5.74, 6) is 0. The fourth-order valence-corrected chi connectivity index (χ4v) is 2.08. The van der Waals surface area contributed by atoms with Crippen LogP contribution >= 0.6 is 0 Å². The number of hydrogen-bond acceptors (Lipinski definition) is 2. The van der Waals surface area contributed by atoms with Gasteiger partial charge in [0.05, 0.1) is 11.8 Å². The number of rotatable bonds is 1. The third-order valence-corrected chi connectivity index (χ3v) is 3.03. The van der Waals surface area contributed by atoms with Gasteiger partial charge in [0.15, 0.2) is 0 Å². The van der Waals surface area contributed by atoms with E-state index in [2.05, 4.69) is 10.2 Å². The largest absolute Gasteiger partial charge is 0.416 e. The molecule has 3 rings (SSSR count). The van der Waals surface area contributed by atoms with Crippen LogP contribution in [-0.4, -0.2) is 10.2 Å². The minimum absolute atomic E-state index is 0.407. The van der Waals surface area contributed by atoms with Gasteiger partial charge in [0.25, 0.3) is 0 Å². The highest BCUT2D eigenvalue weighted by atomic mass is 19.4. The molecule has 0 spiro atoms. The van der Waals surface area contributed by atoms with Gasteiger partial charge >= 0.3 is 6.18 Å². The van der Waals surface area contributed by atoms with Crippen LogP contribution < -0.4 is 0 Å². The fourth-order valence-electron chi connectivity index (χ4n) is 2.08. The third-order valence-electron chi connectivity index (χ3n) is 3.03. The maximum atomic E-state index is 12.8. The number of halogens is 3. The molecule has 5 heteroatoms. The molecule has 2 nitrogen and oxygen atoms in total. The number of nitrogens with zero attached hydrogens (tertiary/aromatic N) is 2. The van der Waals surface area contributed by atoms with Crippen LogP contribution in [0.5, 0.6) is 0 Å². The zero-order valence-electron chi connectivity index (χ0n) is 10.2. The van der Waals surface area contributed by atoms with Crippen LogP contribution in [0.2, 0.25) is 0 Å². The topological polar surface area (TPSA) is 25.8 Å². The van der Waals surface area contributed by atoms with E-state index in [0.29, 0.717) is 11.3 Å². The van der Waals surface area contributed by atoms with Crippen molar-refractivity contribution in [3.63, 3.8) is 0 Å². The summed E-state index contributed by atoms with van der Waals surface area (Å²) in [7, 11) is 0. The van der Waals surface area contributed by atoms with Gasteiger partial charge in [-0.2, -0.15) is 18.3 Å². The number of fused-ring (bicyclic) bond motifs is 1. The quantitative estimate of drug-likeness (QED) is 0.660. The van der Waals surface area contributed by atoms with Gasteiger partial charge in [0.2, 0.25) is 0 Å². The highest BCUT2D eigenvalue weighted by Crippen LogP contribution is 2.33. The Hall–Kier alpha value is -2.43. The maximum Gasteiger partial charge on any atom is 0.416 e. The van der Waals surface area contributed by atoms with Crippen molar-refractivity contribution in [2.75, 3.05) is 0 Å². The Morgan fingerprint density at radius 3 is 2.50 bits per heavy atom. The molecule has 2 aromatic carbocycles. The average Bonchev–Trinajstić information content (AvgIpc) is 2.46. The van der Waals surface area contributed by atoms with Gasteiger partial charge in [-0.25, -0.2) is 0 Å². The molecule has 0 saturated carbocycles. The average molecular weight is 274 g/mol. The number of benzene rings is 2. The van der Waals surface area contributed by atoms with E-state index in [9.17, 15) is 13.2 Å². The van der Waals surface area contributed by atoms with E-state index in [4.69, 9.17) is 0 Å². The zero-order chi connectivity index (χ0) is 14.2. The smallest absolute Gasteiger partial charge is 0.166 e. The first kappa shape index (κ1) is 12.6. The lowest BCUT2D eigenvalue weighted by molar-refractivity contribution is -0.137. The zero-order valence-corrected chi connectivity index (χ0v) is 10.2. The van der Waals surface area contributed by atoms with Crippen LogP contribution in [0.3, 0.4) is 0 Å². The van der Waals surface area contributed by atoms with Crippen molar-refractivity contribution < 1.29 is 13.2 Å². The van der Waals surface area contributed by atoms with Crippen molar-refractivity contribution in [1.82, 2.24) is 10.2 Å². The molecule has 0 N–H and O–H groups in total. The molecule has 0 saturated heterocycles. The van der Waals surface area contributed by atoms with Gasteiger partial charge in [-0.1, -0.05) is 36.4 Å². The second-order valence-electron chi connectivity index (χ2n) is 4.36.